The number of hydrogen-bond donors (Lipinski definition) is 11. The van der Waals surface area contributed by atoms with Crippen molar-refractivity contribution in [3.05, 3.63) is 0 Å². The number of amides is 1. The third kappa shape index (κ3) is 7.65. The molecule has 3 saturated heterocycles. The van der Waals surface area contributed by atoms with Gasteiger partial charge in [0.05, 0.1) is 19.8 Å². The van der Waals surface area contributed by atoms with Gasteiger partial charge in [0.15, 0.2) is 18.9 Å². The van der Waals surface area contributed by atoms with Gasteiger partial charge >= 0.3 is 5.97 Å². The van der Waals surface area contributed by atoms with E-state index in [0.29, 0.717) is 0 Å². The standard InChI is InChI=1S/C22H37NO18/c1-6(27)23-11-14(32)18(9(4-26)39-20(11)36-5-10(28)29)40-22-17(35)19(13(31)8(3-25)38-22)41-21-16(34)15(33)12(30)7(2-24)37-21/h7-9,11-22,24-26,30-35H,2-5H2,1H3,(H,23,27)(H,28,29)/t7-,8-,9-,11-,12+,13+,14-,15+,16-,17-,18-,19+,20+,21-,22+/m1/s1. The van der Waals surface area contributed by atoms with Crippen molar-refractivity contribution in [1.29, 1.82) is 0 Å². The molecule has 0 saturated carbocycles. The Morgan fingerprint density at radius 2 is 1.17 bits per heavy atom. The van der Waals surface area contributed by atoms with Crippen LogP contribution in [0.5, 0.6) is 0 Å². The lowest BCUT2D eigenvalue weighted by molar-refractivity contribution is -0.375. The van der Waals surface area contributed by atoms with Crippen molar-refractivity contribution in [3.8, 4) is 0 Å². The summed E-state index contributed by atoms with van der Waals surface area (Å²) in [6.07, 6.45) is -23.8. The van der Waals surface area contributed by atoms with Crippen molar-refractivity contribution >= 4 is 11.9 Å². The Kier molecular flexibility index (Phi) is 12.1. The van der Waals surface area contributed by atoms with E-state index in [-0.39, 0.29) is 0 Å². The van der Waals surface area contributed by atoms with E-state index in [1.807, 2.05) is 0 Å². The summed E-state index contributed by atoms with van der Waals surface area (Å²) in [6.45, 7) is -2.26. The molecule has 0 radical (unpaired) electrons. The number of carboxylic acids is 1. The molecule has 1 amide bonds. The summed E-state index contributed by atoms with van der Waals surface area (Å²) in [5, 5.41) is 103. The quantitative estimate of drug-likeness (QED) is 0.104. The number of hydrogen-bond acceptors (Lipinski definition) is 17. The summed E-state index contributed by atoms with van der Waals surface area (Å²) in [6, 6.07) is -1.43. The molecule has 41 heavy (non-hydrogen) atoms. The van der Waals surface area contributed by atoms with Gasteiger partial charge in [-0.1, -0.05) is 0 Å². The minimum atomic E-state index is -1.97. The molecule has 0 aromatic heterocycles. The monoisotopic (exact) mass is 603 g/mol. The molecule has 0 aliphatic carbocycles. The zero-order valence-corrected chi connectivity index (χ0v) is 21.7. The van der Waals surface area contributed by atoms with E-state index in [0.717, 1.165) is 6.92 Å². The first kappa shape index (κ1) is 33.8. The van der Waals surface area contributed by atoms with Crippen molar-refractivity contribution in [2.45, 2.75) is 99.0 Å². The largest absolute Gasteiger partial charge is 0.480 e. The molecule has 19 nitrogen and oxygen atoms in total. The summed E-state index contributed by atoms with van der Waals surface area (Å²) >= 11 is 0. The molecule has 0 spiro atoms. The van der Waals surface area contributed by atoms with Gasteiger partial charge in [-0.2, -0.15) is 0 Å². The Hall–Kier alpha value is -1.66. The third-order valence-corrected chi connectivity index (χ3v) is 6.85. The molecule has 238 valence electrons. The molecule has 19 heteroatoms. The second kappa shape index (κ2) is 14.7. The average Bonchev–Trinajstić information content (AvgIpc) is 2.93. The molecular formula is C22H37NO18. The van der Waals surface area contributed by atoms with Gasteiger partial charge in [-0.25, -0.2) is 4.79 Å². The van der Waals surface area contributed by atoms with Crippen LogP contribution in [0, 0.1) is 0 Å². The Bertz CT molecular complexity index is 864. The lowest BCUT2D eigenvalue weighted by Gasteiger charge is -2.48. The maximum Gasteiger partial charge on any atom is 0.329 e. The molecule has 0 bridgehead atoms. The summed E-state index contributed by atoms with van der Waals surface area (Å²) in [5.41, 5.74) is 0. The van der Waals surface area contributed by atoms with Crippen LogP contribution in [0.25, 0.3) is 0 Å². The number of aliphatic hydroxyl groups is 9. The van der Waals surface area contributed by atoms with E-state index in [1.54, 1.807) is 0 Å². The number of nitrogens with one attached hydrogen (secondary N) is 1. The van der Waals surface area contributed by atoms with Crippen molar-refractivity contribution in [3.63, 3.8) is 0 Å². The fourth-order valence-corrected chi connectivity index (χ4v) is 4.74. The summed E-state index contributed by atoms with van der Waals surface area (Å²) in [5.74, 6) is -2.06. The van der Waals surface area contributed by atoms with Gasteiger partial charge in [-0.05, 0) is 0 Å². The highest BCUT2D eigenvalue weighted by atomic mass is 16.8. The zero-order valence-electron chi connectivity index (χ0n) is 21.7. The predicted octanol–water partition coefficient (Wildman–Crippen LogP) is -7.32. The number of carbonyl (C=O) groups is 2. The molecule has 11 N–H and O–H groups in total. The molecule has 0 aromatic carbocycles. The first-order valence-electron chi connectivity index (χ1n) is 12.6. The highest BCUT2D eigenvalue weighted by Gasteiger charge is 2.54. The van der Waals surface area contributed by atoms with Crippen molar-refractivity contribution in [1.82, 2.24) is 5.32 Å². The fraction of sp³-hybridized carbons (Fsp3) is 0.909. The Morgan fingerprint density at radius 1 is 0.659 bits per heavy atom. The summed E-state index contributed by atoms with van der Waals surface area (Å²) in [4.78, 5) is 22.7. The molecule has 0 aromatic rings. The molecular weight excluding hydrogens is 566 g/mol. The normalized spacial score (nSPS) is 45.3. The molecule has 3 rings (SSSR count). The van der Waals surface area contributed by atoms with Crippen LogP contribution < -0.4 is 5.32 Å². The second-order valence-corrected chi connectivity index (χ2v) is 9.75. The Balaban J connectivity index is 1.82. The lowest BCUT2D eigenvalue weighted by atomic mass is 9.95. The van der Waals surface area contributed by atoms with Gasteiger partial charge in [0.2, 0.25) is 5.91 Å². The van der Waals surface area contributed by atoms with Crippen LogP contribution in [0.1, 0.15) is 6.92 Å². The van der Waals surface area contributed by atoms with E-state index >= 15 is 0 Å². The number of aliphatic hydroxyl groups excluding tert-OH is 9. The zero-order chi connectivity index (χ0) is 30.6. The third-order valence-electron chi connectivity index (χ3n) is 6.85. The summed E-state index contributed by atoms with van der Waals surface area (Å²) in [7, 11) is 0. The van der Waals surface area contributed by atoms with Gasteiger partial charge in [0.1, 0.15) is 79.8 Å². The number of aliphatic carboxylic acids is 1. The van der Waals surface area contributed by atoms with E-state index < -0.39 is 130 Å². The SMILES string of the molecule is CC(=O)N[C@H]1[C@@H](OCC(=O)O)O[C@H](CO)[C@@H](O[C@@H]2O[C@H](CO)[C@H](O)[C@H](O[C@H]3O[C@H](CO)[C@H](O)[C@H](O)[C@H]3O)[C@H]2O)[C@@H]1O. The van der Waals surface area contributed by atoms with Gasteiger partial charge in [0, 0.05) is 6.92 Å². The number of rotatable bonds is 11. The first-order valence-corrected chi connectivity index (χ1v) is 12.6. The van der Waals surface area contributed by atoms with E-state index in [9.17, 15) is 55.5 Å². The average molecular weight is 604 g/mol. The topological polar surface area (TPSA) is 304 Å². The highest BCUT2D eigenvalue weighted by molar-refractivity contribution is 5.73. The molecule has 3 aliphatic rings. The fourth-order valence-electron chi connectivity index (χ4n) is 4.74. The van der Waals surface area contributed by atoms with Crippen LogP contribution in [-0.2, 0) is 38.0 Å². The Labute approximate surface area is 232 Å². The Morgan fingerprint density at radius 3 is 1.71 bits per heavy atom. The highest BCUT2D eigenvalue weighted by Crippen LogP contribution is 2.32. The molecule has 0 unspecified atom stereocenters. The van der Waals surface area contributed by atoms with Crippen LogP contribution in [-0.4, -0.2) is 181 Å². The van der Waals surface area contributed by atoms with Gasteiger partial charge in [-0.3, -0.25) is 4.79 Å². The second-order valence-electron chi connectivity index (χ2n) is 9.75. The maximum absolute atomic E-state index is 11.7. The maximum atomic E-state index is 11.7. The minimum Gasteiger partial charge on any atom is -0.480 e. The van der Waals surface area contributed by atoms with Crippen LogP contribution in [0.4, 0.5) is 0 Å². The van der Waals surface area contributed by atoms with Gasteiger partial charge in [0.25, 0.3) is 0 Å². The molecule has 3 fully saturated rings. The van der Waals surface area contributed by atoms with Crippen LogP contribution >= 0.6 is 0 Å². The van der Waals surface area contributed by atoms with Crippen LogP contribution in [0.2, 0.25) is 0 Å². The van der Waals surface area contributed by atoms with Crippen molar-refractivity contribution in [2.75, 3.05) is 26.4 Å². The smallest absolute Gasteiger partial charge is 0.329 e. The van der Waals surface area contributed by atoms with Gasteiger partial charge < -0.3 is 84.8 Å². The van der Waals surface area contributed by atoms with E-state index in [2.05, 4.69) is 5.32 Å². The van der Waals surface area contributed by atoms with Crippen LogP contribution in [0.15, 0.2) is 0 Å². The van der Waals surface area contributed by atoms with Crippen LogP contribution in [0.3, 0.4) is 0 Å². The lowest BCUT2D eigenvalue weighted by Crippen LogP contribution is -2.68. The van der Waals surface area contributed by atoms with E-state index in [4.69, 9.17) is 33.5 Å². The molecule has 15 atom stereocenters. The number of carbonyl (C=O) groups excluding carboxylic acids is 1. The summed E-state index contributed by atoms with van der Waals surface area (Å²) < 4.78 is 32.5. The number of ether oxygens (including phenoxy) is 6. The van der Waals surface area contributed by atoms with Crippen molar-refractivity contribution in [2.24, 2.45) is 0 Å². The molecule has 3 heterocycles. The van der Waals surface area contributed by atoms with Crippen molar-refractivity contribution < 1.29 is 89.1 Å². The molecule has 3 aliphatic heterocycles. The van der Waals surface area contributed by atoms with E-state index in [1.165, 1.54) is 0 Å². The number of carboxylic acid groups (broad SMARTS) is 1. The van der Waals surface area contributed by atoms with Gasteiger partial charge in [-0.15, -0.1) is 0 Å². The minimum absolute atomic E-state index is 0.673. The predicted molar refractivity (Wildman–Crippen MR) is 124 cm³/mol. The first-order chi connectivity index (χ1) is 19.3.